The van der Waals surface area contributed by atoms with Crippen molar-refractivity contribution in [2.45, 2.75) is 29.4 Å². The van der Waals surface area contributed by atoms with Crippen LogP contribution in [0.4, 0.5) is 0 Å². The van der Waals surface area contributed by atoms with E-state index < -0.39 is 10.0 Å². The normalized spacial score (nSPS) is 19.7. The predicted molar refractivity (Wildman–Crippen MR) is 91.3 cm³/mol. The quantitative estimate of drug-likeness (QED) is 0.726. The molecule has 1 heterocycles. The number of hydrogen-bond donors (Lipinski definition) is 0. The summed E-state index contributed by atoms with van der Waals surface area (Å²) < 4.78 is 27.0. The average Bonchev–Trinajstić information content (AvgIpc) is 2.39. The van der Waals surface area contributed by atoms with Gasteiger partial charge in [0.25, 0.3) is 0 Å². The van der Waals surface area contributed by atoms with E-state index in [1.807, 2.05) is 13.8 Å². The molecule has 0 spiro atoms. The standard InChI is InChI=1S/C13H16Cl3NO2S2/c1-13(2)8-17(3-4-20-13)21(18,19)11-6-10(15)5-9(7-14)12(11)16/h5-6H,3-4,7-8H2,1-2H3. The van der Waals surface area contributed by atoms with Crippen LogP contribution in [0.1, 0.15) is 19.4 Å². The lowest BCUT2D eigenvalue weighted by molar-refractivity contribution is 0.387. The number of nitrogens with zero attached hydrogens (tertiary/aromatic N) is 1. The van der Waals surface area contributed by atoms with E-state index in [9.17, 15) is 8.42 Å². The zero-order valence-corrected chi connectivity index (χ0v) is 15.6. The smallest absolute Gasteiger partial charge is 0.207 e. The Bertz CT molecular complexity index is 647. The number of alkyl halides is 1. The molecule has 0 bridgehead atoms. The first kappa shape index (κ1) is 17.7. The van der Waals surface area contributed by atoms with E-state index in [0.717, 1.165) is 5.75 Å². The zero-order chi connectivity index (χ0) is 15.8. The van der Waals surface area contributed by atoms with Crippen LogP contribution < -0.4 is 0 Å². The third-order valence-electron chi connectivity index (χ3n) is 3.23. The summed E-state index contributed by atoms with van der Waals surface area (Å²) in [6.07, 6.45) is 0. The van der Waals surface area contributed by atoms with E-state index in [1.54, 1.807) is 17.8 Å². The molecule has 21 heavy (non-hydrogen) atoms. The van der Waals surface area contributed by atoms with Crippen LogP contribution in [0.25, 0.3) is 0 Å². The van der Waals surface area contributed by atoms with Crippen molar-refractivity contribution in [1.29, 1.82) is 0 Å². The largest absolute Gasteiger partial charge is 0.244 e. The van der Waals surface area contributed by atoms with Gasteiger partial charge in [-0.15, -0.1) is 11.6 Å². The predicted octanol–water partition coefficient (Wildman–Crippen LogP) is 4.25. The number of rotatable bonds is 3. The summed E-state index contributed by atoms with van der Waals surface area (Å²) >= 11 is 19.8. The SMILES string of the molecule is CC1(C)CN(S(=O)(=O)c2cc(Cl)cc(CCl)c2Cl)CCS1. The highest BCUT2D eigenvalue weighted by Gasteiger charge is 2.36. The molecule has 2 rings (SSSR count). The van der Waals surface area contributed by atoms with Gasteiger partial charge < -0.3 is 0 Å². The van der Waals surface area contributed by atoms with Gasteiger partial charge in [-0.25, -0.2) is 8.42 Å². The minimum Gasteiger partial charge on any atom is -0.207 e. The molecule has 0 atom stereocenters. The highest BCUT2D eigenvalue weighted by atomic mass is 35.5. The molecular formula is C13H16Cl3NO2S2. The van der Waals surface area contributed by atoms with E-state index >= 15 is 0 Å². The highest BCUT2D eigenvalue weighted by Crippen LogP contribution is 2.36. The van der Waals surface area contributed by atoms with Gasteiger partial charge in [-0.1, -0.05) is 23.2 Å². The van der Waals surface area contributed by atoms with Crippen molar-refractivity contribution in [2.24, 2.45) is 0 Å². The first-order chi connectivity index (χ1) is 9.67. The maximum Gasteiger partial charge on any atom is 0.244 e. The Labute approximate surface area is 145 Å². The van der Waals surface area contributed by atoms with E-state index in [0.29, 0.717) is 23.7 Å². The Morgan fingerprint density at radius 3 is 2.57 bits per heavy atom. The third-order valence-corrected chi connectivity index (χ3v) is 7.46. The minimum atomic E-state index is -3.67. The molecule has 0 N–H and O–H groups in total. The van der Waals surface area contributed by atoms with Crippen LogP contribution in [0.5, 0.6) is 0 Å². The van der Waals surface area contributed by atoms with Crippen LogP contribution in [0.2, 0.25) is 10.0 Å². The van der Waals surface area contributed by atoms with Crippen LogP contribution >= 0.6 is 46.6 Å². The van der Waals surface area contributed by atoms with Gasteiger partial charge in [-0.05, 0) is 31.5 Å². The van der Waals surface area contributed by atoms with E-state index in [4.69, 9.17) is 34.8 Å². The average molecular weight is 389 g/mol. The zero-order valence-electron chi connectivity index (χ0n) is 11.7. The fraction of sp³-hybridized carbons (Fsp3) is 0.538. The maximum absolute atomic E-state index is 12.8. The number of sulfonamides is 1. The van der Waals surface area contributed by atoms with Crippen LogP contribution in [-0.4, -0.2) is 36.3 Å². The lowest BCUT2D eigenvalue weighted by Gasteiger charge is -2.36. The summed E-state index contributed by atoms with van der Waals surface area (Å²) in [5.74, 6) is 0.871. The van der Waals surface area contributed by atoms with Gasteiger partial charge in [0, 0.05) is 34.5 Å². The molecule has 1 aliphatic heterocycles. The van der Waals surface area contributed by atoms with Crippen molar-refractivity contribution >= 4 is 56.6 Å². The molecule has 0 aliphatic carbocycles. The number of benzene rings is 1. The van der Waals surface area contributed by atoms with Crippen molar-refractivity contribution in [3.63, 3.8) is 0 Å². The summed E-state index contributed by atoms with van der Waals surface area (Å²) in [4.78, 5) is 0.0371. The number of hydrogen-bond acceptors (Lipinski definition) is 3. The molecular weight excluding hydrogens is 373 g/mol. The molecule has 0 saturated carbocycles. The maximum atomic E-state index is 12.8. The summed E-state index contributed by atoms with van der Waals surface area (Å²) in [6.45, 7) is 4.97. The van der Waals surface area contributed by atoms with Gasteiger partial charge in [-0.3, -0.25) is 0 Å². The Hall–Kier alpha value is 0.350. The topological polar surface area (TPSA) is 37.4 Å². The summed E-state index contributed by atoms with van der Waals surface area (Å²) in [5, 5.41) is 0.477. The lowest BCUT2D eigenvalue weighted by atomic mass is 10.2. The molecule has 1 aromatic rings. The minimum absolute atomic E-state index is 0.0371. The molecule has 1 saturated heterocycles. The van der Waals surface area contributed by atoms with Crippen molar-refractivity contribution in [1.82, 2.24) is 4.31 Å². The van der Waals surface area contributed by atoms with Gasteiger partial charge in [0.15, 0.2) is 0 Å². The summed E-state index contributed by atoms with van der Waals surface area (Å²) in [5.41, 5.74) is 0.523. The summed E-state index contributed by atoms with van der Waals surface area (Å²) in [7, 11) is -3.67. The van der Waals surface area contributed by atoms with Gasteiger partial charge >= 0.3 is 0 Å². The van der Waals surface area contributed by atoms with Gasteiger partial charge in [-0.2, -0.15) is 16.1 Å². The van der Waals surface area contributed by atoms with Gasteiger partial charge in [0.1, 0.15) is 4.90 Å². The molecule has 0 radical (unpaired) electrons. The third kappa shape index (κ3) is 3.82. The van der Waals surface area contributed by atoms with Crippen molar-refractivity contribution in [3.8, 4) is 0 Å². The van der Waals surface area contributed by atoms with E-state index in [-0.39, 0.29) is 20.5 Å². The van der Waals surface area contributed by atoms with Crippen LogP contribution in [0.3, 0.4) is 0 Å². The Kier molecular flexibility index (Phi) is 5.44. The first-order valence-electron chi connectivity index (χ1n) is 6.35. The monoisotopic (exact) mass is 387 g/mol. The second kappa shape index (κ2) is 6.46. The fourth-order valence-electron chi connectivity index (χ4n) is 2.22. The van der Waals surface area contributed by atoms with Crippen LogP contribution in [-0.2, 0) is 15.9 Å². The van der Waals surface area contributed by atoms with Crippen LogP contribution in [0.15, 0.2) is 17.0 Å². The molecule has 1 aliphatic rings. The highest BCUT2D eigenvalue weighted by molar-refractivity contribution is 8.00. The molecule has 1 fully saturated rings. The molecule has 1 aromatic carbocycles. The Morgan fingerprint density at radius 2 is 2.00 bits per heavy atom. The molecule has 3 nitrogen and oxygen atoms in total. The Balaban J connectivity index is 2.47. The fourth-order valence-corrected chi connectivity index (χ4v) is 6.32. The van der Waals surface area contributed by atoms with E-state index in [1.165, 1.54) is 10.4 Å². The second-order valence-electron chi connectivity index (χ2n) is 5.46. The molecule has 0 unspecified atom stereocenters. The first-order valence-corrected chi connectivity index (χ1v) is 10.1. The summed E-state index contributed by atoms with van der Waals surface area (Å²) in [6, 6.07) is 2.98. The number of thioether (sulfide) groups is 1. The number of halogens is 3. The lowest BCUT2D eigenvalue weighted by Crippen LogP contribution is -2.46. The molecule has 0 amide bonds. The van der Waals surface area contributed by atoms with Gasteiger partial charge in [0.2, 0.25) is 10.0 Å². The molecule has 8 heteroatoms. The van der Waals surface area contributed by atoms with Crippen LogP contribution in [0, 0.1) is 0 Å². The molecule has 0 aromatic heterocycles. The molecule has 118 valence electrons. The van der Waals surface area contributed by atoms with Crippen molar-refractivity contribution in [3.05, 3.63) is 27.7 Å². The van der Waals surface area contributed by atoms with Crippen molar-refractivity contribution < 1.29 is 8.42 Å². The van der Waals surface area contributed by atoms with Gasteiger partial charge in [0.05, 0.1) is 5.02 Å². The van der Waals surface area contributed by atoms with Crippen molar-refractivity contribution in [2.75, 3.05) is 18.8 Å². The second-order valence-corrected chi connectivity index (χ2v) is 10.2. The van der Waals surface area contributed by atoms with E-state index in [2.05, 4.69) is 0 Å². The Morgan fingerprint density at radius 1 is 1.33 bits per heavy atom.